The van der Waals surface area contributed by atoms with E-state index in [0.29, 0.717) is 17.8 Å². The zero-order chi connectivity index (χ0) is 12.4. The van der Waals surface area contributed by atoms with E-state index in [1.165, 1.54) is 30.6 Å². The molecular weight excluding hydrogens is 246 g/mol. The van der Waals surface area contributed by atoms with Crippen LogP contribution >= 0.6 is 11.3 Å². The molecule has 2 atom stereocenters. The number of carbonyl (C=O) groups is 1. The zero-order valence-corrected chi connectivity index (χ0v) is 11.3. The second-order valence-electron chi connectivity index (χ2n) is 5.14. The highest BCUT2D eigenvalue weighted by Gasteiger charge is 2.34. The first kappa shape index (κ1) is 12.1. The molecule has 1 aromatic heterocycles. The molecule has 1 aromatic rings. The summed E-state index contributed by atoms with van der Waals surface area (Å²) in [6.07, 6.45) is 5.93. The fraction of sp³-hybridized carbons (Fsp3) is 0.692. The van der Waals surface area contributed by atoms with Crippen molar-refractivity contribution in [3.05, 3.63) is 16.6 Å². The Balaban J connectivity index is 1.76. The van der Waals surface area contributed by atoms with E-state index in [4.69, 9.17) is 0 Å². The Hall–Kier alpha value is -0.940. The van der Waals surface area contributed by atoms with Gasteiger partial charge in [-0.2, -0.15) is 0 Å². The van der Waals surface area contributed by atoms with E-state index in [0.717, 1.165) is 25.9 Å². The molecule has 0 bridgehead atoms. The van der Waals surface area contributed by atoms with Crippen molar-refractivity contribution in [3.63, 3.8) is 0 Å². The van der Waals surface area contributed by atoms with Crippen LogP contribution in [0.3, 0.4) is 0 Å². The van der Waals surface area contributed by atoms with Gasteiger partial charge in [0.15, 0.2) is 0 Å². The van der Waals surface area contributed by atoms with E-state index in [1.54, 1.807) is 5.51 Å². The molecule has 3 rings (SSSR count). The van der Waals surface area contributed by atoms with Gasteiger partial charge in [0, 0.05) is 24.0 Å². The van der Waals surface area contributed by atoms with Gasteiger partial charge in [0.25, 0.3) is 5.91 Å². The maximum absolute atomic E-state index is 12.5. The summed E-state index contributed by atoms with van der Waals surface area (Å²) in [7, 11) is 0. The molecule has 2 saturated heterocycles. The zero-order valence-electron chi connectivity index (χ0n) is 10.5. The number of likely N-dealkylation sites (tertiary alicyclic amines) is 1. The van der Waals surface area contributed by atoms with E-state index in [-0.39, 0.29) is 5.91 Å². The van der Waals surface area contributed by atoms with Crippen LogP contribution in [0, 0.1) is 0 Å². The molecule has 2 unspecified atom stereocenters. The molecule has 98 valence electrons. The van der Waals surface area contributed by atoms with Gasteiger partial charge in [-0.05, 0) is 38.6 Å². The van der Waals surface area contributed by atoms with Gasteiger partial charge in [0.1, 0.15) is 5.69 Å². The van der Waals surface area contributed by atoms with Gasteiger partial charge in [-0.15, -0.1) is 11.3 Å². The SMILES string of the molecule is O=C(c1cscn1)N1CCCCC1C1CCCN1. The van der Waals surface area contributed by atoms with Gasteiger partial charge in [-0.3, -0.25) is 4.79 Å². The number of nitrogens with one attached hydrogen (secondary N) is 1. The Morgan fingerprint density at radius 2 is 2.33 bits per heavy atom. The predicted octanol–water partition coefficient (Wildman–Crippen LogP) is 1.89. The van der Waals surface area contributed by atoms with Crippen LogP contribution in [0.5, 0.6) is 0 Å². The van der Waals surface area contributed by atoms with Gasteiger partial charge < -0.3 is 10.2 Å². The number of carbonyl (C=O) groups excluding carboxylic acids is 1. The minimum absolute atomic E-state index is 0.120. The van der Waals surface area contributed by atoms with Gasteiger partial charge in [-0.1, -0.05) is 0 Å². The van der Waals surface area contributed by atoms with Crippen LogP contribution in [0.25, 0.3) is 0 Å². The number of piperidine rings is 1. The summed E-state index contributed by atoms with van der Waals surface area (Å²) in [4.78, 5) is 18.7. The molecule has 0 radical (unpaired) electrons. The maximum atomic E-state index is 12.5. The Kier molecular flexibility index (Phi) is 3.61. The van der Waals surface area contributed by atoms with Crippen molar-refractivity contribution in [3.8, 4) is 0 Å². The fourth-order valence-corrected chi connectivity index (χ4v) is 3.66. The standard InChI is InChI=1S/C13H19N3OS/c17-13(11-8-18-9-15-11)16-7-2-1-5-12(16)10-4-3-6-14-10/h8-10,12,14H,1-7H2. The lowest BCUT2D eigenvalue weighted by Crippen LogP contribution is -2.52. The molecule has 1 N–H and O–H groups in total. The molecule has 2 fully saturated rings. The van der Waals surface area contributed by atoms with Crippen molar-refractivity contribution in [1.82, 2.24) is 15.2 Å². The highest BCUT2D eigenvalue weighted by atomic mass is 32.1. The van der Waals surface area contributed by atoms with Gasteiger partial charge in [0.05, 0.1) is 5.51 Å². The summed E-state index contributed by atoms with van der Waals surface area (Å²) in [5, 5.41) is 5.40. The first-order valence-electron chi connectivity index (χ1n) is 6.79. The van der Waals surface area contributed by atoms with Crippen LogP contribution in [0.4, 0.5) is 0 Å². The van der Waals surface area contributed by atoms with Crippen molar-refractivity contribution < 1.29 is 4.79 Å². The van der Waals surface area contributed by atoms with Crippen LogP contribution < -0.4 is 5.32 Å². The molecule has 0 aromatic carbocycles. The number of hydrogen-bond acceptors (Lipinski definition) is 4. The Labute approximate surface area is 111 Å². The molecule has 0 spiro atoms. The number of thiazole rings is 1. The fourth-order valence-electron chi connectivity index (χ4n) is 3.13. The number of rotatable bonds is 2. The second-order valence-corrected chi connectivity index (χ2v) is 5.86. The smallest absolute Gasteiger partial charge is 0.273 e. The van der Waals surface area contributed by atoms with Gasteiger partial charge in [-0.25, -0.2) is 4.98 Å². The molecule has 1 amide bonds. The normalized spacial score (nSPS) is 28.6. The summed E-state index contributed by atoms with van der Waals surface area (Å²) in [6.45, 7) is 1.99. The molecule has 0 saturated carbocycles. The van der Waals surface area contributed by atoms with Crippen LogP contribution in [0.15, 0.2) is 10.9 Å². The third kappa shape index (κ3) is 2.29. The average Bonchev–Trinajstić information content (AvgIpc) is 3.11. The number of hydrogen-bond donors (Lipinski definition) is 1. The molecule has 2 aliphatic heterocycles. The number of nitrogens with zero attached hydrogens (tertiary/aromatic N) is 2. The highest BCUT2D eigenvalue weighted by molar-refractivity contribution is 7.07. The summed E-state index contributed by atoms with van der Waals surface area (Å²) in [5.41, 5.74) is 2.35. The van der Waals surface area contributed by atoms with Crippen LogP contribution in [0.2, 0.25) is 0 Å². The Bertz CT molecular complexity index is 400. The largest absolute Gasteiger partial charge is 0.333 e. The van der Waals surface area contributed by atoms with Crippen LogP contribution in [0.1, 0.15) is 42.6 Å². The summed E-state index contributed by atoms with van der Waals surface area (Å²) >= 11 is 1.49. The molecule has 4 nitrogen and oxygen atoms in total. The minimum atomic E-state index is 0.120. The van der Waals surface area contributed by atoms with E-state index >= 15 is 0 Å². The van der Waals surface area contributed by atoms with Crippen LogP contribution in [-0.4, -0.2) is 41.0 Å². The van der Waals surface area contributed by atoms with Crippen molar-refractivity contribution in [1.29, 1.82) is 0 Å². The van der Waals surface area contributed by atoms with E-state index in [9.17, 15) is 4.79 Å². The Morgan fingerprint density at radius 3 is 3.06 bits per heavy atom. The average molecular weight is 265 g/mol. The Morgan fingerprint density at radius 1 is 1.39 bits per heavy atom. The second kappa shape index (κ2) is 5.36. The van der Waals surface area contributed by atoms with Gasteiger partial charge >= 0.3 is 0 Å². The van der Waals surface area contributed by atoms with Crippen molar-refractivity contribution in [2.45, 2.75) is 44.2 Å². The molecule has 5 heteroatoms. The third-order valence-electron chi connectivity index (χ3n) is 4.02. The molecule has 2 aliphatic rings. The lowest BCUT2D eigenvalue weighted by atomic mass is 9.94. The highest BCUT2D eigenvalue weighted by Crippen LogP contribution is 2.25. The third-order valence-corrected chi connectivity index (χ3v) is 4.61. The van der Waals surface area contributed by atoms with Crippen molar-refractivity contribution >= 4 is 17.2 Å². The summed E-state index contributed by atoms with van der Waals surface area (Å²) in [6, 6.07) is 0.864. The van der Waals surface area contributed by atoms with Crippen LogP contribution in [-0.2, 0) is 0 Å². The lowest BCUT2D eigenvalue weighted by molar-refractivity contribution is 0.0558. The van der Waals surface area contributed by atoms with Crippen molar-refractivity contribution in [2.24, 2.45) is 0 Å². The number of aromatic nitrogens is 1. The first-order chi connectivity index (χ1) is 8.86. The monoisotopic (exact) mass is 265 g/mol. The molecule has 3 heterocycles. The lowest BCUT2D eigenvalue weighted by Gasteiger charge is -2.39. The first-order valence-corrected chi connectivity index (χ1v) is 7.73. The molecule has 18 heavy (non-hydrogen) atoms. The minimum Gasteiger partial charge on any atom is -0.333 e. The molecule has 0 aliphatic carbocycles. The quantitative estimate of drug-likeness (QED) is 0.888. The maximum Gasteiger partial charge on any atom is 0.273 e. The van der Waals surface area contributed by atoms with E-state index < -0.39 is 0 Å². The summed E-state index contributed by atoms with van der Waals surface area (Å²) < 4.78 is 0. The van der Waals surface area contributed by atoms with E-state index in [1.807, 2.05) is 5.38 Å². The summed E-state index contributed by atoms with van der Waals surface area (Å²) in [5.74, 6) is 0.120. The topological polar surface area (TPSA) is 45.2 Å². The molecular formula is C13H19N3OS. The van der Waals surface area contributed by atoms with Gasteiger partial charge in [0.2, 0.25) is 0 Å². The number of amides is 1. The predicted molar refractivity (Wildman–Crippen MR) is 71.8 cm³/mol. The van der Waals surface area contributed by atoms with Crippen molar-refractivity contribution in [2.75, 3.05) is 13.1 Å². The van der Waals surface area contributed by atoms with E-state index in [2.05, 4.69) is 15.2 Å².